The van der Waals surface area contributed by atoms with E-state index in [1.54, 1.807) is 7.11 Å². The molecular formula is C14H32F3O5Si3. The van der Waals surface area contributed by atoms with Crippen molar-refractivity contribution in [3.05, 3.63) is 0 Å². The van der Waals surface area contributed by atoms with Crippen molar-refractivity contribution in [1.29, 1.82) is 0 Å². The number of ether oxygens (including phenoxy) is 3. The summed E-state index contributed by atoms with van der Waals surface area (Å²) in [6, 6.07) is 0.762. The van der Waals surface area contributed by atoms with E-state index in [1.165, 1.54) is 0 Å². The van der Waals surface area contributed by atoms with Crippen LogP contribution in [0.25, 0.3) is 0 Å². The SMILES string of the molecule is CC[Si](O[Si](C)(C)COCCOC)O[Si](C)(C)COCCC(F)(F)F. The van der Waals surface area contributed by atoms with Crippen LogP contribution in [-0.4, -0.2) is 71.5 Å². The van der Waals surface area contributed by atoms with Gasteiger partial charge in [0.05, 0.1) is 38.7 Å². The average molecular weight is 422 g/mol. The topological polar surface area (TPSA) is 46.2 Å². The summed E-state index contributed by atoms with van der Waals surface area (Å²) in [6.07, 6.45) is -4.34. The molecule has 151 valence electrons. The van der Waals surface area contributed by atoms with Crippen molar-refractivity contribution < 1.29 is 35.6 Å². The van der Waals surface area contributed by atoms with Gasteiger partial charge in [-0.25, -0.2) is 0 Å². The van der Waals surface area contributed by atoms with Gasteiger partial charge in [0.2, 0.25) is 16.6 Å². The third-order valence-corrected chi connectivity index (χ3v) is 11.5. The molecule has 0 aromatic rings. The maximum atomic E-state index is 12.1. The van der Waals surface area contributed by atoms with Crippen molar-refractivity contribution >= 4 is 25.9 Å². The Morgan fingerprint density at radius 3 is 1.72 bits per heavy atom. The van der Waals surface area contributed by atoms with Crippen LogP contribution in [0.15, 0.2) is 0 Å². The van der Waals surface area contributed by atoms with Crippen LogP contribution in [0.3, 0.4) is 0 Å². The zero-order chi connectivity index (χ0) is 19.6. The Hall–Kier alpha value is 0.241. The number of alkyl halides is 3. The van der Waals surface area contributed by atoms with E-state index >= 15 is 0 Å². The second-order valence-corrected chi connectivity index (χ2v) is 17.6. The third kappa shape index (κ3) is 15.0. The molecule has 0 aromatic heterocycles. The van der Waals surface area contributed by atoms with Crippen LogP contribution in [-0.2, 0) is 22.4 Å². The first-order valence-electron chi connectivity index (χ1n) is 8.36. The highest BCUT2D eigenvalue weighted by Crippen LogP contribution is 2.20. The summed E-state index contributed by atoms with van der Waals surface area (Å²) in [5.74, 6) is 0. The van der Waals surface area contributed by atoms with E-state index in [0.29, 0.717) is 19.4 Å². The zero-order valence-corrected chi connectivity index (χ0v) is 19.1. The molecule has 0 N–H and O–H groups in total. The lowest BCUT2D eigenvalue weighted by molar-refractivity contribution is -0.144. The van der Waals surface area contributed by atoms with Gasteiger partial charge < -0.3 is 22.4 Å². The molecule has 11 heteroatoms. The van der Waals surface area contributed by atoms with Gasteiger partial charge in [-0.2, -0.15) is 13.2 Å². The highest BCUT2D eigenvalue weighted by Gasteiger charge is 2.35. The maximum absolute atomic E-state index is 12.1. The minimum absolute atomic E-state index is 0.229. The van der Waals surface area contributed by atoms with Gasteiger partial charge in [0, 0.05) is 7.11 Å². The molecule has 0 bridgehead atoms. The van der Waals surface area contributed by atoms with Crippen molar-refractivity contribution in [3.63, 3.8) is 0 Å². The van der Waals surface area contributed by atoms with Gasteiger partial charge in [0.15, 0.2) is 0 Å². The fourth-order valence-electron chi connectivity index (χ4n) is 1.81. The maximum Gasteiger partial charge on any atom is 0.391 e. The van der Waals surface area contributed by atoms with Crippen LogP contribution in [0, 0.1) is 0 Å². The third-order valence-electron chi connectivity index (χ3n) is 2.93. The summed E-state index contributed by atoms with van der Waals surface area (Å²) in [4.78, 5) is 0. The number of hydrogen-bond acceptors (Lipinski definition) is 5. The summed E-state index contributed by atoms with van der Waals surface area (Å²) < 4.78 is 64.5. The highest BCUT2D eigenvalue weighted by atomic mass is 28.4. The molecule has 0 atom stereocenters. The number of methoxy groups -OCH3 is 1. The smallest absolute Gasteiger partial charge is 0.391 e. The Morgan fingerprint density at radius 1 is 0.840 bits per heavy atom. The van der Waals surface area contributed by atoms with Gasteiger partial charge in [-0.1, -0.05) is 6.92 Å². The summed E-state index contributed by atoms with van der Waals surface area (Å²) in [6.45, 7) is 10.8. The molecule has 0 aliphatic rings. The van der Waals surface area contributed by atoms with Crippen molar-refractivity contribution in [2.24, 2.45) is 0 Å². The molecule has 0 saturated carbocycles. The number of halogens is 3. The number of rotatable bonds is 14. The van der Waals surface area contributed by atoms with Gasteiger partial charge in [-0.05, 0) is 32.2 Å². The van der Waals surface area contributed by atoms with E-state index in [-0.39, 0.29) is 12.8 Å². The highest BCUT2D eigenvalue weighted by molar-refractivity contribution is 6.81. The first-order valence-corrected chi connectivity index (χ1v) is 16.1. The molecule has 0 aliphatic heterocycles. The molecular weight excluding hydrogens is 389 g/mol. The molecule has 0 heterocycles. The van der Waals surface area contributed by atoms with Crippen LogP contribution in [0.4, 0.5) is 13.2 Å². The van der Waals surface area contributed by atoms with Crippen molar-refractivity contribution in [2.75, 3.05) is 39.4 Å². The van der Waals surface area contributed by atoms with Crippen molar-refractivity contribution in [1.82, 2.24) is 0 Å². The molecule has 0 aliphatic carbocycles. The monoisotopic (exact) mass is 421 g/mol. The molecule has 0 fully saturated rings. The lowest BCUT2D eigenvalue weighted by Gasteiger charge is -2.32. The first kappa shape index (κ1) is 25.2. The Morgan fingerprint density at radius 2 is 1.32 bits per heavy atom. The molecule has 0 aromatic carbocycles. The lowest BCUT2D eigenvalue weighted by Crippen LogP contribution is -2.49. The van der Waals surface area contributed by atoms with Crippen molar-refractivity contribution in [2.45, 2.75) is 51.8 Å². The lowest BCUT2D eigenvalue weighted by atomic mass is 10.4. The minimum Gasteiger partial charge on any atom is -0.434 e. The van der Waals surface area contributed by atoms with E-state index < -0.39 is 38.5 Å². The minimum atomic E-state index is -4.19. The number of hydrogen-bond donors (Lipinski definition) is 0. The second-order valence-electron chi connectivity index (χ2n) is 6.91. The average Bonchev–Trinajstić information content (AvgIpc) is 2.46. The molecule has 1 radical (unpaired) electrons. The Balaban J connectivity index is 4.29. The Kier molecular flexibility index (Phi) is 12.0. The fourth-order valence-corrected chi connectivity index (χ4v) is 10.2. The van der Waals surface area contributed by atoms with Gasteiger partial charge >= 0.3 is 15.5 Å². The predicted molar refractivity (Wildman–Crippen MR) is 97.6 cm³/mol. The molecule has 5 nitrogen and oxygen atoms in total. The van der Waals surface area contributed by atoms with E-state index in [2.05, 4.69) is 13.1 Å². The Labute approximate surface area is 153 Å². The van der Waals surface area contributed by atoms with Gasteiger partial charge in [-0.15, -0.1) is 0 Å². The summed E-state index contributed by atoms with van der Waals surface area (Å²) in [5, 5.41) is 0. The summed E-state index contributed by atoms with van der Waals surface area (Å²) in [7, 11) is -4.13. The first-order chi connectivity index (χ1) is 11.4. The second kappa shape index (κ2) is 11.8. The van der Waals surface area contributed by atoms with Crippen molar-refractivity contribution in [3.8, 4) is 0 Å². The molecule has 0 spiro atoms. The quantitative estimate of drug-likeness (QED) is 0.316. The normalized spacial score (nSPS) is 13.7. The predicted octanol–water partition coefficient (Wildman–Crippen LogP) is 3.65. The standard InChI is InChI=1S/C14H32F3O5Si3/c1-7-23(22-25(5,6)13-20-11-10-18-2)21-24(3,4)12-19-9-8-14(15,16)17/h7-13H2,1-6H3. The molecule has 0 unspecified atom stereocenters. The summed E-state index contributed by atoms with van der Waals surface area (Å²) >= 11 is 0. The van der Waals surface area contributed by atoms with E-state index in [0.717, 1.165) is 6.04 Å². The van der Waals surface area contributed by atoms with E-state index in [4.69, 9.17) is 22.4 Å². The molecule has 0 saturated heterocycles. The molecule has 25 heavy (non-hydrogen) atoms. The van der Waals surface area contributed by atoms with Crippen LogP contribution in [0.1, 0.15) is 13.3 Å². The molecule has 0 rings (SSSR count). The fraction of sp³-hybridized carbons (Fsp3) is 1.00. The molecule has 0 amide bonds. The van der Waals surface area contributed by atoms with E-state index in [9.17, 15) is 13.2 Å². The van der Waals surface area contributed by atoms with Crippen LogP contribution in [0.2, 0.25) is 32.2 Å². The summed E-state index contributed by atoms with van der Waals surface area (Å²) in [5.41, 5.74) is 0. The largest absolute Gasteiger partial charge is 0.434 e. The zero-order valence-electron chi connectivity index (χ0n) is 16.1. The van der Waals surface area contributed by atoms with Crippen LogP contribution < -0.4 is 0 Å². The van der Waals surface area contributed by atoms with Crippen LogP contribution in [0.5, 0.6) is 0 Å². The van der Waals surface area contributed by atoms with Gasteiger partial charge in [0.25, 0.3) is 0 Å². The van der Waals surface area contributed by atoms with Gasteiger partial charge in [-0.3, -0.25) is 0 Å². The Bertz CT molecular complexity index is 357. The van der Waals surface area contributed by atoms with E-state index in [1.807, 2.05) is 20.0 Å². The van der Waals surface area contributed by atoms with Gasteiger partial charge in [0.1, 0.15) is 0 Å². The van der Waals surface area contributed by atoms with Crippen LogP contribution >= 0.6 is 0 Å².